The summed E-state index contributed by atoms with van der Waals surface area (Å²) in [6.45, 7) is 1.92. The Balaban J connectivity index is 1.53. The highest BCUT2D eigenvalue weighted by Crippen LogP contribution is 2.25. The van der Waals surface area contributed by atoms with Crippen LogP contribution in [0.2, 0.25) is 0 Å². The zero-order valence-electron chi connectivity index (χ0n) is 15.2. The number of hydrogen-bond acceptors (Lipinski definition) is 5. The number of pyridine rings is 1. The van der Waals surface area contributed by atoms with Crippen molar-refractivity contribution in [2.75, 3.05) is 24.4 Å². The first-order valence-corrected chi connectivity index (χ1v) is 8.49. The van der Waals surface area contributed by atoms with Gasteiger partial charge in [-0.2, -0.15) is 0 Å². The van der Waals surface area contributed by atoms with E-state index < -0.39 is 0 Å². The summed E-state index contributed by atoms with van der Waals surface area (Å²) in [5.74, 6) is 1.52. The zero-order valence-corrected chi connectivity index (χ0v) is 15.2. The number of methoxy groups -OCH3 is 1. The van der Waals surface area contributed by atoms with Crippen LogP contribution in [0.5, 0.6) is 11.5 Å². The van der Waals surface area contributed by atoms with Crippen molar-refractivity contribution >= 4 is 23.1 Å². The van der Waals surface area contributed by atoms with Gasteiger partial charge in [-0.05, 0) is 43.3 Å². The minimum Gasteiger partial charge on any atom is -0.493 e. The van der Waals surface area contributed by atoms with Gasteiger partial charge < -0.3 is 20.1 Å². The summed E-state index contributed by atoms with van der Waals surface area (Å²) in [5, 5.41) is 5.96. The molecule has 1 heterocycles. The second-order valence-electron chi connectivity index (χ2n) is 5.91. The maximum absolute atomic E-state index is 12.1. The lowest BCUT2D eigenvalue weighted by atomic mass is 10.2. The van der Waals surface area contributed by atoms with Gasteiger partial charge in [0.1, 0.15) is 5.82 Å². The van der Waals surface area contributed by atoms with Crippen LogP contribution in [0.25, 0.3) is 0 Å². The van der Waals surface area contributed by atoms with E-state index >= 15 is 0 Å². The molecular weight excluding hydrogens is 342 g/mol. The summed E-state index contributed by atoms with van der Waals surface area (Å²) in [7, 11) is 1.56. The zero-order chi connectivity index (χ0) is 19.1. The molecule has 0 radical (unpaired) electrons. The van der Waals surface area contributed by atoms with Gasteiger partial charge in [-0.25, -0.2) is 4.98 Å². The Kier molecular flexibility index (Phi) is 5.89. The van der Waals surface area contributed by atoms with Crippen molar-refractivity contribution in [1.82, 2.24) is 4.98 Å². The molecule has 0 saturated carbocycles. The lowest BCUT2D eigenvalue weighted by Crippen LogP contribution is -2.20. The van der Waals surface area contributed by atoms with E-state index in [2.05, 4.69) is 15.6 Å². The van der Waals surface area contributed by atoms with Crippen LogP contribution in [-0.2, 0) is 4.79 Å². The second-order valence-corrected chi connectivity index (χ2v) is 5.91. The number of anilines is 3. The Morgan fingerprint density at radius 1 is 0.963 bits per heavy atom. The van der Waals surface area contributed by atoms with E-state index in [0.29, 0.717) is 23.0 Å². The Labute approximate surface area is 158 Å². The van der Waals surface area contributed by atoms with Gasteiger partial charge in [0, 0.05) is 5.69 Å². The highest BCUT2D eigenvalue weighted by Gasteiger charge is 2.07. The van der Waals surface area contributed by atoms with Crippen LogP contribution in [0, 0.1) is 6.92 Å². The molecule has 0 aliphatic heterocycles. The normalized spacial score (nSPS) is 10.1. The van der Waals surface area contributed by atoms with E-state index in [0.717, 1.165) is 5.69 Å². The van der Waals surface area contributed by atoms with Crippen LogP contribution < -0.4 is 20.1 Å². The average molecular weight is 363 g/mol. The maximum atomic E-state index is 12.1. The van der Waals surface area contributed by atoms with E-state index in [-0.39, 0.29) is 12.5 Å². The van der Waals surface area contributed by atoms with Gasteiger partial charge in [-0.1, -0.05) is 29.8 Å². The molecule has 0 aliphatic carbocycles. The number of nitrogens with zero attached hydrogens (tertiary/aromatic N) is 1. The van der Waals surface area contributed by atoms with E-state index in [1.165, 1.54) is 5.56 Å². The van der Waals surface area contributed by atoms with Gasteiger partial charge in [0.15, 0.2) is 18.1 Å². The summed E-state index contributed by atoms with van der Waals surface area (Å²) < 4.78 is 10.7. The SMILES string of the molecule is COc1ccccc1OCC(=O)Nc1ccc(Nc2ccc(C)cc2)nc1. The molecule has 27 heavy (non-hydrogen) atoms. The smallest absolute Gasteiger partial charge is 0.262 e. The van der Waals surface area contributed by atoms with E-state index in [9.17, 15) is 4.79 Å². The van der Waals surface area contributed by atoms with E-state index in [4.69, 9.17) is 9.47 Å². The number of amides is 1. The molecule has 1 amide bonds. The lowest BCUT2D eigenvalue weighted by Gasteiger charge is -2.11. The van der Waals surface area contributed by atoms with Crippen molar-refractivity contribution in [2.45, 2.75) is 6.92 Å². The van der Waals surface area contributed by atoms with Crippen molar-refractivity contribution in [3.05, 3.63) is 72.4 Å². The number of carbonyl (C=O) groups is 1. The lowest BCUT2D eigenvalue weighted by molar-refractivity contribution is -0.118. The van der Waals surface area contributed by atoms with Crippen LogP contribution in [0.3, 0.4) is 0 Å². The fourth-order valence-corrected chi connectivity index (χ4v) is 2.40. The van der Waals surface area contributed by atoms with Crippen molar-refractivity contribution in [1.29, 1.82) is 0 Å². The van der Waals surface area contributed by atoms with Crippen molar-refractivity contribution in [2.24, 2.45) is 0 Å². The Morgan fingerprint density at radius 3 is 2.33 bits per heavy atom. The molecule has 0 aliphatic rings. The van der Waals surface area contributed by atoms with Gasteiger partial charge in [0.2, 0.25) is 0 Å². The van der Waals surface area contributed by atoms with Gasteiger partial charge in [0.05, 0.1) is 19.0 Å². The average Bonchev–Trinajstić information content (AvgIpc) is 2.70. The molecule has 2 aromatic carbocycles. The number of para-hydroxylation sites is 2. The predicted molar refractivity (Wildman–Crippen MR) is 106 cm³/mol. The molecule has 3 aromatic rings. The first-order chi connectivity index (χ1) is 13.1. The first kappa shape index (κ1) is 18.3. The van der Waals surface area contributed by atoms with Crippen LogP contribution in [0.15, 0.2) is 66.9 Å². The fourth-order valence-electron chi connectivity index (χ4n) is 2.40. The second kappa shape index (κ2) is 8.71. The number of carbonyl (C=O) groups excluding carboxylic acids is 1. The molecule has 0 saturated heterocycles. The van der Waals surface area contributed by atoms with Crippen molar-refractivity contribution in [3.63, 3.8) is 0 Å². The Morgan fingerprint density at radius 2 is 1.67 bits per heavy atom. The fraction of sp³-hybridized carbons (Fsp3) is 0.143. The van der Waals surface area contributed by atoms with Crippen LogP contribution in [-0.4, -0.2) is 24.6 Å². The standard InChI is InChI=1S/C21H21N3O3/c1-15-7-9-16(10-8-15)23-20-12-11-17(13-22-20)24-21(25)14-27-19-6-4-3-5-18(19)26-2/h3-13H,14H2,1-2H3,(H,22,23)(H,24,25). The molecule has 3 rings (SSSR count). The summed E-state index contributed by atoms with van der Waals surface area (Å²) in [6, 6.07) is 18.8. The van der Waals surface area contributed by atoms with Gasteiger partial charge in [-0.15, -0.1) is 0 Å². The van der Waals surface area contributed by atoms with E-state index in [1.54, 1.807) is 37.6 Å². The highest BCUT2D eigenvalue weighted by molar-refractivity contribution is 5.91. The van der Waals surface area contributed by atoms with Crippen LogP contribution in [0.1, 0.15) is 5.56 Å². The molecule has 6 nitrogen and oxygen atoms in total. The number of aromatic nitrogens is 1. The highest BCUT2D eigenvalue weighted by atomic mass is 16.5. The number of nitrogens with one attached hydrogen (secondary N) is 2. The molecule has 1 aromatic heterocycles. The first-order valence-electron chi connectivity index (χ1n) is 8.49. The Bertz CT molecular complexity index is 893. The minimum absolute atomic E-state index is 0.121. The molecule has 0 fully saturated rings. The molecule has 0 spiro atoms. The number of aryl methyl sites for hydroxylation is 1. The monoisotopic (exact) mass is 363 g/mol. The molecule has 2 N–H and O–H groups in total. The number of benzene rings is 2. The van der Waals surface area contributed by atoms with Crippen LogP contribution in [0.4, 0.5) is 17.2 Å². The molecule has 0 unspecified atom stereocenters. The van der Waals surface area contributed by atoms with Crippen LogP contribution >= 0.6 is 0 Å². The number of rotatable bonds is 7. The van der Waals surface area contributed by atoms with E-state index in [1.807, 2.05) is 43.3 Å². The minimum atomic E-state index is -0.276. The molecule has 0 atom stereocenters. The third kappa shape index (κ3) is 5.22. The summed E-state index contributed by atoms with van der Waals surface area (Å²) in [4.78, 5) is 16.4. The third-order valence-electron chi connectivity index (χ3n) is 3.80. The predicted octanol–water partition coefficient (Wildman–Crippen LogP) is 4.16. The maximum Gasteiger partial charge on any atom is 0.262 e. The van der Waals surface area contributed by atoms with Gasteiger partial charge >= 0.3 is 0 Å². The summed E-state index contributed by atoms with van der Waals surface area (Å²) in [5.41, 5.74) is 2.75. The quantitative estimate of drug-likeness (QED) is 0.659. The number of ether oxygens (including phenoxy) is 2. The Hall–Kier alpha value is -3.54. The topological polar surface area (TPSA) is 72.5 Å². The van der Waals surface area contributed by atoms with Gasteiger partial charge in [-0.3, -0.25) is 4.79 Å². The number of hydrogen-bond donors (Lipinski definition) is 2. The largest absolute Gasteiger partial charge is 0.493 e. The van der Waals surface area contributed by atoms with Gasteiger partial charge in [0.25, 0.3) is 5.91 Å². The summed E-state index contributed by atoms with van der Waals surface area (Å²) in [6.07, 6.45) is 1.59. The van der Waals surface area contributed by atoms with Crippen molar-refractivity contribution in [3.8, 4) is 11.5 Å². The molecule has 138 valence electrons. The molecule has 6 heteroatoms. The molecular formula is C21H21N3O3. The molecule has 0 bridgehead atoms. The third-order valence-corrected chi connectivity index (χ3v) is 3.80. The summed E-state index contributed by atoms with van der Waals surface area (Å²) >= 11 is 0. The van der Waals surface area contributed by atoms with Crippen molar-refractivity contribution < 1.29 is 14.3 Å².